The summed E-state index contributed by atoms with van der Waals surface area (Å²) in [5.74, 6) is 5.41. The summed E-state index contributed by atoms with van der Waals surface area (Å²) in [6.07, 6.45) is 0.694. The van der Waals surface area contributed by atoms with Crippen molar-refractivity contribution in [1.82, 2.24) is 0 Å². The van der Waals surface area contributed by atoms with E-state index in [0.29, 0.717) is 79.3 Å². The highest BCUT2D eigenvalue weighted by molar-refractivity contribution is 5.75. The van der Waals surface area contributed by atoms with E-state index in [1.807, 2.05) is 48.5 Å². The maximum atomic E-state index is 6.85. The second-order valence-corrected chi connectivity index (χ2v) is 27.3. The summed E-state index contributed by atoms with van der Waals surface area (Å²) in [4.78, 5) is 0. The van der Waals surface area contributed by atoms with Gasteiger partial charge in [0.25, 0.3) is 0 Å². The zero-order valence-corrected chi connectivity index (χ0v) is 56.4. The van der Waals surface area contributed by atoms with Gasteiger partial charge in [0.1, 0.15) is 148 Å². The molecule has 8 heterocycles. The fraction of sp³-hybridized carbons (Fsp3) is 0.302. The SMILES string of the molecule is c1cc(-c2ccc(OCC3CO3)c(C(c3ccc(-c4ccc(C(c5cc(-c6ccc(OCC7CO7)cc6)ccc5OCC5CO5)c5cc(-c6ccc(OCC7CO7)cc6)ccc5OCC5CO5)cc4)cc3)c3cc(-c4ccc(OCC5CO5)cc4)ccc3OCC3CO3)c2)ccc1OCC1CO1. The van der Waals surface area contributed by atoms with Crippen LogP contribution in [-0.4, -0.2) is 155 Å². The Labute approximate surface area is 592 Å². The van der Waals surface area contributed by atoms with Crippen LogP contribution in [0, 0.1) is 0 Å². The molecule has 0 N–H and O–H groups in total. The van der Waals surface area contributed by atoms with Crippen LogP contribution in [0.25, 0.3) is 55.6 Å². The van der Waals surface area contributed by atoms with Gasteiger partial charge in [0.05, 0.1) is 52.9 Å². The number of ether oxygens (including phenoxy) is 16. The van der Waals surface area contributed by atoms with Gasteiger partial charge in [0.15, 0.2) is 0 Å². The van der Waals surface area contributed by atoms with Gasteiger partial charge in [-0.25, -0.2) is 0 Å². The van der Waals surface area contributed by atoms with Crippen LogP contribution in [0.2, 0.25) is 0 Å². The maximum absolute atomic E-state index is 6.85. The van der Waals surface area contributed by atoms with Crippen molar-refractivity contribution in [1.29, 1.82) is 0 Å². The van der Waals surface area contributed by atoms with Gasteiger partial charge in [-0.3, -0.25) is 0 Å². The molecule has 8 fully saturated rings. The first-order chi connectivity index (χ1) is 50.4. The molecule has 102 heavy (non-hydrogen) atoms. The molecule has 8 aliphatic rings. The minimum absolute atomic E-state index is 0.0223. The molecule has 0 spiro atoms. The van der Waals surface area contributed by atoms with Gasteiger partial charge in [-0.15, -0.1) is 0 Å². The molecule has 0 aliphatic carbocycles. The Balaban J connectivity index is 0.734. The summed E-state index contributed by atoms with van der Waals surface area (Å²) in [5.41, 5.74) is 16.3. The molecule has 0 saturated carbocycles. The molecule has 16 heteroatoms. The minimum atomic E-state index is -0.394. The Morgan fingerprint density at radius 3 is 0.569 bits per heavy atom. The molecular formula is C86H78O16. The first-order valence-electron chi connectivity index (χ1n) is 35.5. The maximum Gasteiger partial charge on any atom is 0.123 e. The summed E-state index contributed by atoms with van der Waals surface area (Å²) < 4.78 is 96.5. The van der Waals surface area contributed by atoms with Crippen LogP contribution in [0.1, 0.15) is 45.2 Å². The second-order valence-electron chi connectivity index (χ2n) is 27.3. The topological polar surface area (TPSA) is 174 Å². The molecule has 8 unspecified atom stereocenters. The average Bonchev–Trinajstić information content (AvgIpc) is 1.76. The number of rotatable bonds is 35. The van der Waals surface area contributed by atoms with E-state index in [1.165, 1.54) is 0 Å². The predicted molar refractivity (Wildman–Crippen MR) is 383 cm³/mol. The summed E-state index contributed by atoms with van der Waals surface area (Å²) in [5, 5.41) is 0. The first-order valence-corrected chi connectivity index (χ1v) is 35.5. The van der Waals surface area contributed by atoms with E-state index in [-0.39, 0.29) is 48.8 Å². The van der Waals surface area contributed by atoms with Crippen LogP contribution < -0.4 is 37.9 Å². The second kappa shape index (κ2) is 29.0. The van der Waals surface area contributed by atoms with Gasteiger partial charge in [0, 0.05) is 34.1 Å². The Bertz CT molecular complexity index is 4000. The molecule has 16 nitrogen and oxygen atoms in total. The molecule has 8 atom stereocenters. The number of hydrogen-bond acceptors (Lipinski definition) is 16. The fourth-order valence-corrected chi connectivity index (χ4v) is 12.9. The van der Waals surface area contributed by atoms with Crippen LogP contribution in [0.4, 0.5) is 0 Å². The fourth-order valence-electron chi connectivity index (χ4n) is 12.9. The van der Waals surface area contributed by atoms with Crippen LogP contribution >= 0.6 is 0 Å². The molecule has 10 aromatic rings. The Hall–Kier alpha value is -9.72. The van der Waals surface area contributed by atoms with E-state index in [9.17, 15) is 0 Å². The highest BCUT2D eigenvalue weighted by Gasteiger charge is 2.34. The zero-order chi connectivity index (χ0) is 67.7. The lowest BCUT2D eigenvalue weighted by atomic mass is 9.81. The van der Waals surface area contributed by atoms with Gasteiger partial charge in [-0.1, -0.05) is 121 Å². The molecular weight excluding hydrogens is 1290 g/mol. The van der Waals surface area contributed by atoms with E-state index in [4.69, 9.17) is 75.8 Å². The Morgan fingerprint density at radius 1 is 0.206 bits per heavy atom. The molecule has 0 amide bonds. The predicted octanol–water partition coefficient (Wildman–Crippen LogP) is 14.6. The summed E-state index contributed by atoms with van der Waals surface area (Å²) in [6.45, 7) is 9.34. The highest BCUT2D eigenvalue weighted by Crippen LogP contribution is 2.48. The Morgan fingerprint density at radius 2 is 0.373 bits per heavy atom. The molecule has 8 aliphatic heterocycles. The monoisotopic (exact) mass is 1370 g/mol. The van der Waals surface area contributed by atoms with E-state index in [2.05, 4.69) is 170 Å². The number of epoxide rings is 8. The van der Waals surface area contributed by atoms with Crippen molar-refractivity contribution in [2.24, 2.45) is 0 Å². The standard InChI is InChI=1S/C86H78O16/c1-5-59(85(77-33-61(17-29-81(77)99-49-73-45-95-73)55-9-21-65(22-10-55)87-37-69-41-91-69)78-34-62(18-30-82(78)100-50-74-46-96-74)56-11-23-66(24-12-56)88-38-70-42-92-70)6-2-53(1)54-3-7-60(8-4-54)86(79-35-63(19-31-83(79)101-51-75-47-97-75)57-13-25-67(26-14-57)89-39-71-43-93-71)80-36-64(20-32-84(80)102-52-76-48-98-76)58-15-27-68(28-16-58)90-40-72-44-94-72/h1-36,69-76,85-86H,37-52H2. The van der Waals surface area contributed by atoms with Gasteiger partial charge >= 0.3 is 0 Å². The van der Waals surface area contributed by atoms with E-state index < -0.39 is 11.8 Å². The third kappa shape index (κ3) is 16.3. The van der Waals surface area contributed by atoms with Crippen LogP contribution in [-0.2, 0) is 37.9 Å². The van der Waals surface area contributed by atoms with Gasteiger partial charge in [-0.2, -0.15) is 0 Å². The lowest BCUT2D eigenvalue weighted by Gasteiger charge is -2.26. The first kappa shape index (κ1) is 64.4. The average molecular weight is 1370 g/mol. The van der Waals surface area contributed by atoms with E-state index in [0.717, 1.165) is 161 Å². The lowest BCUT2D eigenvalue weighted by Crippen LogP contribution is -2.13. The van der Waals surface area contributed by atoms with Crippen molar-refractivity contribution in [2.45, 2.75) is 60.7 Å². The summed E-state index contributed by atoms with van der Waals surface area (Å²) >= 11 is 0. The lowest BCUT2D eigenvalue weighted by molar-refractivity contribution is 0.258. The summed E-state index contributed by atoms with van der Waals surface area (Å²) in [6, 6.07) is 77.1. The van der Waals surface area contributed by atoms with Crippen LogP contribution in [0.3, 0.4) is 0 Å². The third-order valence-electron chi connectivity index (χ3n) is 19.5. The van der Waals surface area contributed by atoms with Crippen LogP contribution in [0.15, 0.2) is 218 Å². The van der Waals surface area contributed by atoms with E-state index >= 15 is 0 Å². The molecule has 10 aromatic carbocycles. The van der Waals surface area contributed by atoms with Crippen molar-refractivity contribution in [2.75, 3.05) is 106 Å². The van der Waals surface area contributed by atoms with Crippen molar-refractivity contribution >= 4 is 0 Å². The molecule has 518 valence electrons. The van der Waals surface area contributed by atoms with Gasteiger partial charge < -0.3 is 75.8 Å². The largest absolute Gasteiger partial charge is 0.491 e. The minimum Gasteiger partial charge on any atom is -0.491 e. The van der Waals surface area contributed by atoms with Gasteiger partial charge in [-0.05, 0) is 164 Å². The smallest absolute Gasteiger partial charge is 0.123 e. The molecule has 18 rings (SSSR count). The molecule has 8 saturated heterocycles. The quantitative estimate of drug-likeness (QED) is 0.0271. The zero-order valence-electron chi connectivity index (χ0n) is 56.4. The van der Waals surface area contributed by atoms with Gasteiger partial charge in [0.2, 0.25) is 0 Å². The van der Waals surface area contributed by atoms with Crippen molar-refractivity contribution < 1.29 is 75.8 Å². The Kier molecular flexibility index (Phi) is 18.3. The van der Waals surface area contributed by atoms with Crippen LogP contribution in [0.5, 0.6) is 46.0 Å². The summed E-state index contributed by atoms with van der Waals surface area (Å²) in [7, 11) is 0. The molecule has 0 radical (unpaired) electrons. The highest BCUT2D eigenvalue weighted by atomic mass is 16.6. The number of benzene rings is 10. The normalized spacial score (nSPS) is 21.9. The number of hydrogen-bond donors (Lipinski definition) is 0. The third-order valence-corrected chi connectivity index (χ3v) is 19.5. The van der Waals surface area contributed by atoms with Crippen molar-refractivity contribution in [3.05, 3.63) is 252 Å². The van der Waals surface area contributed by atoms with Crippen molar-refractivity contribution in [3.8, 4) is 102 Å². The van der Waals surface area contributed by atoms with Crippen molar-refractivity contribution in [3.63, 3.8) is 0 Å². The molecule has 0 bridgehead atoms. The molecule has 0 aromatic heterocycles. The van der Waals surface area contributed by atoms with E-state index in [1.54, 1.807) is 0 Å².